The van der Waals surface area contributed by atoms with E-state index in [1.807, 2.05) is 12.4 Å². The zero-order chi connectivity index (χ0) is 24.7. The minimum absolute atomic E-state index is 0.101. The third-order valence-corrected chi connectivity index (χ3v) is 8.18. The first kappa shape index (κ1) is 20.6. The van der Waals surface area contributed by atoms with E-state index >= 15 is 0 Å². The maximum Gasteiger partial charge on any atom is 0.100 e. The number of nitrogens with zero attached hydrogens (tertiary/aromatic N) is 3. The molecule has 0 spiro atoms. The lowest BCUT2D eigenvalue weighted by molar-refractivity contribution is 0.664. The number of benzene rings is 5. The second-order valence-corrected chi connectivity index (χ2v) is 10.5. The Balaban J connectivity index is 1.45. The van der Waals surface area contributed by atoms with E-state index in [9.17, 15) is 0 Å². The van der Waals surface area contributed by atoms with E-state index in [4.69, 9.17) is 4.98 Å². The summed E-state index contributed by atoms with van der Waals surface area (Å²) in [6, 6.07) is 39.4. The molecule has 0 N–H and O–H groups in total. The predicted molar refractivity (Wildman–Crippen MR) is 153 cm³/mol. The van der Waals surface area contributed by atoms with Crippen LogP contribution in [0.2, 0.25) is 0 Å². The summed E-state index contributed by atoms with van der Waals surface area (Å²) in [4.78, 5) is 4.81. The molecular formula is C34H25N3. The lowest BCUT2D eigenvalue weighted by Gasteiger charge is -2.23. The van der Waals surface area contributed by atoms with E-state index in [2.05, 4.69) is 126 Å². The molecule has 5 aromatic carbocycles. The average molecular weight is 476 g/mol. The Morgan fingerprint density at radius 1 is 0.622 bits per heavy atom. The molecule has 8 rings (SSSR count). The fraction of sp³-hybridized carbons (Fsp3) is 0.0882. The largest absolute Gasteiger partial charge is 0.309 e. The van der Waals surface area contributed by atoms with Gasteiger partial charge in [0.05, 0.1) is 22.1 Å². The van der Waals surface area contributed by atoms with Crippen LogP contribution in [0.15, 0.2) is 116 Å². The molecule has 0 unspecified atom stereocenters. The summed E-state index contributed by atoms with van der Waals surface area (Å²) in [6.07, 6.45) is 1.92. The summed E-state index contributed by atoms with van der Waals surface area (Å²) in [6.45, 7) is 4.73. The van der Waals surface area contributed by atoms with E-state index in [1.54, 1.807) is 0 Å². The highest BCUT2D eigenvalue weighted by atomic mass is 15.1. The molecule has 3 heteroatoms. The van der Waals surface area contributed by atoms with Crippen molar-refractivity contribution in [3.05, 3.63) is 127 Å². The van der Waals surface area contributed by atoms with Crippen LogP contribution in [0, 0.1) is 0 Å². The summed E-state index contributed by atoms with van der Waals surface area (Å²) >= 11 is 0. The highest BCUT2D eigenvalue weighted by molar-refractivity contribution is 6.13. The molecule has 0 fully saturated rings. The van der Waals surface area contributed by atoms with Gasteiger partial charge in [-0.15, -0.1) is 0 Å². The van der Waals surface area contributed by atoms with Crippen LogP contribution in [-0.2, 0) is 5.41 Å². The number of para-hydroxylation sites is 2. The first-order chi connectivity index (χ1) is 18.1. The fourth-order valence-corrected chi connectivity index (χ4v) is 6.52. The second kappa shape index (κ2) is 7.21. The molecule has 0 bridgehead atoms. The average Bonchev–Trinajstić information content (AvgIpc) is 3.58. The molecule has 0 atom stereocenters. The maximum atomic E-state index is 4.81. The number of hydrogen-bond donors (Lipinski definition) is 0. The van der Waals surface area contributed by atoms with Crippen LogP contribution in [0.3, 0.4) is 0 Å². The molecule has 3 nitrogen and oxygen atoms in total. The number of aromatic nitrogens is 3. The Kier molecular flexibility index (Phi) is 4.00. The summed E-state index contributed by atoms with van der Waals surface area (Å²) in [7, 11) is 0. The Morgan fingerprint density at radius 2 is 1.41 bits per heavy atom. The van der Waals surface area contributed by atoms with Gasteiger partial charge < -0.3 is 4.57 Å². The van der Waals surface area contributed by atoms with Crippen molar-refractivity contribution in [1.82, 2.24) is 14.1 Å². The molecule has 0 radical (unpaired) electrons. The first-order valence-electron chi connectivity index (χ1n) is 12.8. The summed E-state index contributed by atoms with van der Waals surface area (Å²) in [5, 5.41) is 2.58. The highest BCUT2D eigenvalue weighted by Crippen LogP contribution is 2.52. The predicted octanol–water partition coefficient (Wildman–Crippen LogP) is 8.43. The maximum absolute atomic E-state index is 4.81. The van der Waals surface area contributed by atoms with Crippen LogP contribution in [0.25, 0.3) is 55.3 Å². The van der Waals surface area contributed by atoms with E-state index in [0.717, 1.165) is 22.4 Å². The molecule has 0 aliphatic heterocycles. The van der Waals surface area contributed by atoms with Gasteiger partial charge in [-0.2, -0.15) is 0 Å². The van der Waals surface area contributed by atoms with Crippen molar-refractivity contribution in [3.8, 4) is 22.5 Å². The molecule has 0 saturated carbocycles. The molecule has 0 saturated heterocycles. The number of imidazole rings is 1. The zero-order valence-corrected chi connectivity index (χ0v) is 20.8. The lowest BCUT2D eigenvalue weighted by Crippen LogP contribution is -2.16. The monoisotopic (exact) mass is 475 g/mol. The Hall–Kier alpha value is -4.63. The van der Waals surface area contributed by atoms with Gasteiger partial charge in [0.1, 0.15) is 6.33 Å². The molecule has 7 aromatic rings. The second-order valence-electron chi connectivity index (χ2n) is 10.5. The SMILES string of the molecule is CC1(C)c2ccccc2-c2ccc3c4ccccc4n(-c4ccc5c(c4)ncn5-c4ccccc4)c3c21. The van der Waals surface area contributed by atoms with Crippen LogP contribution < -0.4 is 0 Å². The van der Waals surface area contributed by atoms with Gasteiger partial charge >= 0.3 is 0 Å². The normalized spacial score (nSPS) is 13.9. The van der Waals surface area contributed by atoms with Crippen LogP contribution in [-0.4, -0.2) is 14.1 Å². The van der Waals surface area contributed by atoms with Crippen LogP contribution in [0.5, 0.6) is 0 Å². The van der Waals surface area contributed by atoms with E-state index in [0.29, 0.717) is 0 Å². The van der Waals surface area contributed by atoms with Crippen molar-refractivity contribution in [1.29, 1.82) is 0 Å². The standard InChI is InChI=1S/C34H25N3/c1-34(2)28-14-8-6-12-24(28)26-17-18-27-25-13-7-9-15-30(25)37(33(27)32(26)34)23-16-19-31-29(20-23)35-21-36(31)22-10-4-3-5-11-22/h3-21H,1-2H3. The highest BCUT2D eigenvalue weighted by Gasteiger charge is 2.38. The van der Waals surface area contributed by atoms with Crippen LogP contribution >= 0.6 is 0 Å². The van der Waals surface area contributed by atoms with E-state index < -0.39 is 0 Å². The van der Waals surface area contributed by atoms with Gasteiger partial charge in [0.2, 0.25) is 0 Å². The van der Waals surface area contributed by atoms with Crippen molar-refractivity contribution < 1.29 is 0 Å². The van der Waals surface area contributed by atoms with Gasteiger partial charge in [0.15, 0.2) is 0 Å². The van der Waals surface area contributed by atoms with E-state index in [-0.39, 0.29) is 5.41 Å². The lowest BCUT2D eigenvalue weighted by atomic mass is 9.81. The summed E-state index contributed by atoms with van der Waals surface area (Å²) < 4.78 is 4.61. The van der Waals surface area contributed by atoms with E-state index in [1.165, 1.54) is 44.1 Å². The Bertz CT molecular complexity index is 2000. The van der Waals surface area contributed by atoms with Crippen molar-refractivity contribution >= 4 is 32.8 Å². The molecule has 1 aliphatic rings. The minimum atomic E-state index is -0.101. The molecule has 1 aliphatic carbocycles. The van der Waals surface area contributed by atoms with Crippen LogP contribution in [0.4, 0.5) is 0 Å². The van der Waals surface area contributed by atoms with Gasteiger partial charge in [-0.05, 0) is 58.7 Å². The van der Waals surface area contributed by atoms with Crippen molar-refractivity contribution in [2.75, 3.05) is 0 Å². The van der Waals surface area contributed by atoms with Gasteiger partial charge in [0.25, 0.3) is 0 Å². The zero-order valence-electron chi connectivity index (χ0n) is 20.8. The Labute approximate surface area is 215 Å². The molecule has 0 amide bonds. The minimum Gasteiger partial charge on any atom is -0.309 e. The summed E-state index contributed by atoms with van der Waals surface area (Å²) in [5.41, 5.74) is 12.2. The molecule has 2 heterocycles. The Morgan fingerprint density at radius 3 is 2.30 bits per heavy atom. The molecule has 176 valence electrons. The topological polar surface area (TPSA) is 22.8 Å². The quantitative estimate of drug-likeness (QED) is 0.246. The first-order valence-corrected chi connectivity index (χ1v) is 12.8. The smallest absolute Gasteiger partial charge is 0.100 e. The van der Waals surface area contributed by atoms with Crippen molar-refractivity contribution in [2.45, 2.75) is 19.3 Å². The van der Waals surface area contributed by atoms with Crippen molar-refractivity contribution in [3.63, 3.8) is 0 Å². The van der Waals surface area contributed by atoms with Gasteiger partial charge in [-0.25, -0.2) is 4.98 Å². The number of hydrogen-bond acceptors (Lipinski definition) is 1. The van der Waals surface area contributed by atoms with Crippen LogP contribution in [0.1, 0.15) is 25.0 Å². The molecule has 37 heavy (non-hydrogen) atoms. The number of fused-ring (bicyclic) bond motifs is 8. The summed E-state index contributed by atoms with van der Waals surface area (Å²) in [5.74, 6) is 0. The third-order valence-electron chi connectivity index (χ3n) is 8.18. The van der Waals surface area contributed by atoms with Crippen molar-refractivity contribution in [2.24, 2.45) is 0 Å². The van der Waals surface area contributed by atoms with Gasteiger partial charge in [-0.3, -0.25) is 4.57 Å². The van der Waals surface area contributed by atoms with Gasteiger partial charge in [0, 0.05) is 27.6 Å². The molecule has 2 aromatic heterocycles. The number of rotatable bonds is 2. The third kappa shape index (κ3) is 2.69. The van der Waals surface area contributed by atoms with Gasteiger partial charge in [-0.1, -0.05) is 86.6 Å². The fourth-order valence-electron chi connectivity index (χ4n) is 6.52. The molecular weight excluding hydrogens is 450 g/mol.